The lowest BCUT2D eigenvalue weighted by Crippen LogP contribution is -2.32. The van der Waals surface area contributed by atoms with Gasteiger partial charge >= 0.3 is 0 Å². The van der Waals surface area contributed by atoms with E-state index in [9.17, 15) is 19.7 Å². The Balaban J connectivity index is 1.53. The van der Waals surface area contributed by atoms with Gasteiger partial charge in [-0.2, -0.15) is 0 Å². The molecule has 2 N–H and O–H groups in total. The third-order valence-electron chi connectivity index (χ3n) is 4.81. The fourth-order valence-corrected chi connectivity index (χ4v) is 4.02. The van der Waals surface area contributed by atoms with Gasteiger partial charge in [-0.1, -0.05) is 54.6 Å². The van der Waals surface area contributed by atoms with Crippen molar-refractivity contribution in [1.29, 1.82) is 0 Å². The Hall–Kier alpha value is -3.69. The number of carbonyl (C=O) groups excluding carboxylic acids is 2. The van der Waals surface area contributed by atoms with Crippen molar-refractivity contribution in [3.63, 3.8) is 0 Å². The molecule has 0 radical (unpaired) electrons. The number of amides is 1. The quantitative estimate of drug-likeness (QED) is 0.140. The number of carbonyl (C=O) groups is 2. The van der Waals surface area contributed by atoms with Crippen molar-refractivity contribution in [2.45, 2.75) is 11.7 Å². The Morgan fingerprint density at radius 3 is 2.21 bits per heavy atom. The Morgan fingerprint density at radius 2 is 1.61 bits per heavy atom. The van der Waals surface area contributed by atoms with Gasteiger partial charge in [-0.05, 0) is 23.3 Å². The molecule has 0 aliphatic rings. The highest BCUT2D eigenvalue weighted by atomic mass is 32.2. The van der Waals surface area contributed by atoms with Crippen LogP contribution in [-0.4, -0.2) is 39.4 Å². The minimum atomic E-state index is -0.795. The lowest BCUT2D eigenvalue weighted by Gasteiger charge is -2.14. The molecule has 33 heavy (non-hydrogen) atoms. The summed E-state index contributed by atoms with van der Waals surface area (Å²) in [4.78, 5) is 34.9. The van der Waals surface area contributed by atoms with Crippen LogP contribution in [0.4, 0.5) is 5.69 Å². The Bertz CT molecular complexity index is 1090. The molecule has 3 aromatic carbocycles. The maximum Gasteiger partial charge on any atom is 0.269 e. The highest BCUT2D eigenvalue weighted by Gasteiger charge is 2.23. The molecule has 3 aromatic rings. The Labute approximate surface area is 194 Å². The molecule has 0 aromatic heterocycles. The van der Waals surface area contributed by atoms with Gasteiger partial charge in [0.2, 0.25) is 0 Å². The Morgan fingerprint density at radius 1 is 0.970 bits per heavy atom. The van der Waals surface area contributed by atoms with Crippen LogP contribution in [0, 0.1) is 10.1 Å². The minimum absolute atomic E-state index is 0.0354. The first kappa shape index (κ1) is 24.0. The number of nitro groups is 1. The van der Waals surface area contributed by atoms with E-state index in [0.717, 1.165) is 11.1 Å². The summed E-state index contributed by atoms with van der Waals surface area (Å²) in [6.07, 6.45) is -0.0841. The normalized spacial score (nSPS) is 11.4. The lowest BCUT2D eigenvalue weighted by atomic mass is 10.0. The van der Waals surface area contributed by atoms with Crippen molar-refractivity contribution in [1.82, 2.24) is 5.48 Å². The number of non-ortho nitro benzene ring substituents is 1. The van der Waals surface area contributed by atoms with Crippen LogP contribution in [0.25, 0.3) is 11.1 Å². The first-order valence-electron chi connectivity index (χ1n) is 10.1. The van der Waals surface area contributed by atoms with E-state index in [1.807, 2.05) is 42.5 Å². The third-order valence-corrected chi connectivity index (χ3v) is 5.99. The molecule has 0 spiro atoms. The average Bonchev–Trinajstić information content (AvgIpc) is 2.86. The Kier molecular flexibility index (Phi) is 8.56. The van der Waals surface area contributed by atoms with Gasteiger partial charge in [0, 0.05) is 29.9 Å². The molecule has 1 unspecified atom stereocenters. The summed E-state index contributed by atoms with van der Waals surface area (Å²) in [5.41, 5.74) is 4.08. The van der Waals surface area contributed by atoms with E-state index in [2.05, 4.69) is 0 Å². The number of hydrogen-bond acceptors (Lipinski definition) is 7. The zero-order valence-corrected chi connectivity index (χ0v) is 18.4. The van der Waals surface area contributed by atoms with Crippen molar-refractivity contribution < 1.29 is 24.5 Å². The van der Waals surface area contributed by atoms with E-state index in [1.165, 1.54) is 36.0 Å². The molecule has 1 atom stereocenters. The first-order chi connectivity index (χ1) is 16.0. The van der Waals surface area contributed by atoms with Crippen LogP contribution in [-0.2, 0) is 4.79 Å². The van der Waals surface area contributed by atoms with Crippen LogP contribution >= 0.6 is 11.8 Å². The zero-order chi connectivity index (χ0) is 23.6. The second-order valence-electron chi connectivity index (χ2n) is 7.01. The maximum atomic E-state index is 12.7. The number of ketones is 1. The van der Waals surface area contributed by atoms with Crippen molar-refractivity contribution in [3.8, 4) is 16.9 Å². The monoisotopic (exact) mass is 466 g/mol. The van der Waals surface area contributed by atoms with Crippen molar-refractivity contribution >= 4 is 29.1 Å². The number of thioether (sulfide) groups is 1. The minimum Gasteiger partial charge on any atom is -0.493 e. The largest absolute Gasteiger partial charge is 0.493 e. The van der Waals surface area contributed by atoms with Gasteiger partial charge < -0.3 is 4.74 Å². The van der Waals surface area contributed by atoms with Gasteiger partial charge in [0.15, 0.2) is 5.78 Å². The SMILES string of the molecule is O=C(CC(SCCOc1ccc([N+](=O)[O-])cc1)C(=O)NO)c1ccc(-c2ccccc2)cc1. The zero-order valence-electron chi connectivity index (χ0n) is 17.5. The topological polar surface area (TPSA) is 119 Å². The third kappa shape index (κ3) is 6.90. The van der Waals surface area contributed by atoms with Crippen LogP contribution in [0.15, 0.2) is 78.9 Å². The highest BCUT2D eigenvalue weighted by molar-refractivity contribution is 8.00. The predicted molar refractivity (Wildman–Crippen MR) is 126 cm³/mol. The van der Waals surface area contributed by atoms with Gasteiger partial charge in [-0.3, -0.25) is 24.9 Å². The molecule has 0 aliphatic heterocycles. The number of nitro benzene ring substituents is 1. The van der Waals surface area contributed by atoms with Gasteiger partial charge in [0.25, 0.3) is 11.6 Å². The molecule has 0 aliphatic carbocycles. The molecule has 170 valence electrons. The van der Waals surface area contributed by atoms with E-state index < -0.39 is 16.1 Å². The molecule has 0 saturated carbocycles. The number of hydroxylamine groups is 1. The molecule has 9 heteroatoms. The second kappa shape index (κ2) is 11.8. The van der Waals surface area contributed by atoms with Gasteiger partial charge in [0.1, 0.15) is 5.75 Å². The first-order valence-corrected chi connectivity index (χ1v) is 11.1. The van der Waals surface area contributed by atoms with E-state index in [4.69, 9.17) is 9.94 Å². The number of Topliss-reactive ketones (excluding diaryl/α,β-unsaturated/α-hetero) is 1. The fourth-order valence-electron chi connectivity index (χ4n) is 3.08. The molecular formula is C24H22N2O6S. The highest BCUT2D eigenvalue weighted by Crippen LogP contribution is 2.23. The number of ether oxygens (including phenoxy) is 1. The fraction of sp³-hybridized carbons (Fsp3) is 0.167. The smallest absolute Gasteiger partial charge is 0.269 e. The second-order valence-corrected chi connectivity index (χ2v) is 8.32. The summed E-state index contributed by atoms with van der Waals surface area (Å²) >= 11 is 1.18. The number of nitrogens with one attached hydrogen (secondary N) is 1. The summed E-state index contributed by atoms with van der Waals surface area (Å²) in [5, 5.41) is 18.9. The summed E-state index contributed by atoms with van der Waals surface area (Å²) in [6.45, 7) is 0.220. The lowest BCUT2D eigenvalue weighted by molar-refractivity contribution is -0.384. The van der Waals surface area contributed by atoms with E-state index in [-0.39, 0.29) is 24.5 Å². The molecule has 0 heterocycles. The van der Waals surface area contributed by atoms with Crippen LogP contribution in [0.1, 0.15) is 16.8 Å². The van der Waals surface area contributed by atoms with E-state index in [0.29, 0.717) is 17.1 Å². The van der Waals surface area contributed by atoms with E-state index >= 15 is 0 Å². The van der Waals surface area contributed by atoms with Crippen LogP contribution < -0.4 is 10.2 Å². The van der Waals surface area contributed by atoms with Crippen LogP contribution in [0.3, 0.4) is 0 Å². The van der Waals surface area contributed by atoms with Crippen LogP contribution in [0.5, 0.6) is 5.75 Å². The number of nitrogens with zero attached hydrogens (tertiary/aromatic N) is 1. The van der Waals surface area contributed by atoms with Crippen molar-refractivity contribution in [2.24, 2.45) is 0 Å². The van der Waals surface area contributed by atoms with Gasteiger partial charge in [-0.25, -0.2) is 5.48 Å². The number of rotatable bonds is 11. The standard InChI is InChI=1S/C24H22N2O6S/c27-22(19-8-6-18(7-9-19)17-4-2-1-3-5-17)16-23(24(28)25-29)33-15-14-32-21-12-10-20(11-13-21)26(30)31/h1-13,23,29H,14-16H2,(H,25,28). The maximum absolute atomic E-state index is 12.7. The molecule has 0 bridgehead atoms. The summed E-state index contributed by atoms with van der Waals surface area (Å²) < 4.78 is 5.53. The summed E-state index contributed by atoms with van der Waals surface area (Å²) in [5.74, 6) is -0.0505. The molecule has 8 nitrogen and oxygen atoms in total. The van der Waals surface area contributed by atoms with Crippen LogP contribution in [0.2, 0.25) is 0 Å². The molecule has 0 fully saturated rings. The summed E-state index contributed by atoms with van der Waals surface area (Å²) in [7, 11) is 0. The predicted octanol–water partition coefficient (Wildman–Crippen LogP) is 4.52. The molecular weight excluding hydrogens is 444 g/mol. The number of benzene rings is 3. The molecule has 3 rings (SSSR count). The molecule has 0 saturated heterocycles. The molecule has 1 amide bonds. The van der Waals surface area contributed by atoms with Crippen molar-refractivity contribution in [3.05, 3.63) is 94.5 Å². The van der Waals surface area contributed by atoms with Gasteiger partial charge in [-0.15, -0.1) is 11.8 Å². The average molecular weight is 467 g/mol. The van der Waals surface area contributed by atoms with E-state index in [1.54, 1.807) is 17.6 Å². The van der Waals surface area contributed by atoms with Crippen molar-refractivity contribution in [2.75, 3.05) is 12.4 Å². The number of hydrogen-bond donors (Lipinski definition) is 2. The summed E-state index contributed by atoms with van der Waals surface area (Å²) in [6, 6.07) is 22.6. The van der Waals surface area contributed by atoms with Gasteiger partial charge in [0.05, 0.1) is 16.8 Å².